The van der Waals surface area contributed by atoms with Crippen LogP contribution in [0.25, 0.3) is 0 Å². The number of aromatic nitrogens is 2. The minimum absolute atomic E-state index is 0.132. The Labute approximate surface area is 133 Å². The lowest BCUT2D eigenvalue weighted by Gasteiger charge is -2.18. The zero-order valence-electron chi connectivity index (χ0n) is 12.9. The second kappa shape index (κ2) is 7.74. The minimum Gasteiger partial charge on any atom is -0.495 e. The quantitative estimate of drug-likeness (QED) is 0.820. The number of hydrogen-bond donors (Lipinski definition) is 2. The Balaban J connectivity index is 2.05. The fourth-order valence-corrected chi connectivity index (χ4v) is 2.63. The van der Waals surface area contributed by atoms with Gasteiger partial charge in [-0.25, -0.2) is 0 Å². The molecule has 0 aliphatic carbocycles. The molecule has 1 atom stereocenters. The third kappa shape index (κ3) is 3.94. The third-order valence-corrected chi connectivity index (χ3v) is 4.14. The van der Waals surface area contributed by atoms with E-state index in [1.54, 1.807) is 7.11 Å². The molecule has 0 unspecified atom stereocenters. The van der Waals surface area contributed by atoms with Crippen molar-refractivity contribution in [1.29, 1.82) is 0 Å². The van der Waals surface area contributed by atoms with Gasteiger partial charge in [-0.05, 0) is 25.0 Å². The molecule has 0 saturated heterocycles. The summed E-state index contributed by atoms with van der Waals surface area (Å²) < 4.78 is 5.29. The average molecular weight is 320 g/mol. The van der Waals surface area contributed by atoms with Crippen LogP contribution in [0.4, 0.5) is 10.8 Å². The molecule has 0 saturated carbocycles. The minimum atomic E-state index is -0.370. The van der Waals surface area contributed by atoms with Crippen LogP contribution in [0, 0.1) is 0 Å². The van der Waals surface area contributed by atoms with Crippen molar-refractivity contribution < 1.29 is 9.53 Å². The summed E-state index contributed by atoms with van der Waals surface area (Å²) in [5.74, 6) is 0.574. The van der Waals surface area contributed by atoms with Gasteiger partial charge < -0.3 is 10.1 Å². The van der Waals surface area contributed by atoms with Crippen molar-refractivity contribution in [3.05, 3.63) is 29.3 Å². The van der Waals surface area contributed by atoms with E-state index in [-0.39, 0.29) is 11.9 Å². The topological polar surface area (TPSA) is 76.1 Å². The first-order valence-electron chi connectivity index (χ1n) is 7.20. The second-order valence-corrected chi connectivity index (χ2v) is 5.71. The van der Waals surface area contributed by atoms with Gasteiger partial charge >= 0.3 is 0 Å². The highest BCUT2D eigenvalue weighted by Gasteiger charge is 2.19. The maximum atomic E-state index is 12.4. The summed E-state index contributed by atoms with van der Waals surface area (Å²) in [5.41, 5.74) is 0.790. The highest BCUT2D eigenvalue weighted by atomic mass is 32.1. The number of nitrogens with one attached hydrogen (secondary N) is 2. The Kier molecular flexibility index (Phi) is 5.71. The maximum Gasteiger partial charge on any atom is 0.248 e. The van der Waals surface area contributed by atoms with E-state index in [2.05, 4.69) is 20.8 Å². The molecule has 2 N–H and O–H groups in total. The lowest BCUT2D eigenvalue weighted by molar-refractivity contribution is -0.117. The molecule has 0 aliphatic heterocycles. The summed E-state index contributed by atoms with van der Waals surface area (Å²) in [7, 11) is 1.61. The van der Waals surface area contributed by atoms with Crippen LogP contribution in [0.15, 0.2) is 24.3 Å². The maximum absolute atomic E-state index is 12.4. The zero-order chi connectivity index (χ0) is 15.9. The molecule has 1 amide bonds. The predicted octanol–water partition coefficient (Wildman–Crippen LogP) is 2.94. The van der Waals surface area contributed by atoms with E-state index in [9.17, 15) is 4.79 Å². The highest BCUT2D eigenvalue weighted by molar-refractivity contribution is 7.15. The van der Waals surface area contributed by atoms with Crippen molar-refractivity contribution in [2.45, 2.75) is 32.7 Å². The molecular weight excluding hydrogens is 300 g/mol. The number of rotatable bonds is 7. The predicted molar refractivity (Wildman–Crippen MR) is 88.6 cm³/mol. The van der Waals surface area contributed by atoms with Crippen LogP contribution in [0.2, 0.25) is 0 Å². The van der Waals surface area contributed by atoms with Gasteiger partial charge in [0.05, 0.1) is 12.8 Å². The zero-order valence-corrected chi connectivity index (χ0v) is 13.7. The molecule has 1 aromatic carbocycles. The second-order valence-electron chi connectivity index (χ2n) is 4.65. The van der Waals surface area contributed by atoms with Gasteiger partial charge in [-0.1, -0.05) is 37.3 Å². The smallest absolute Gasteiger partial charge is 0.248 e. The lowest BCUT2D eigenvalue weighted by atomic mass is 10.2. The van der Waals surface area contributed by atoms with E-state index in [1.165, 1.54) is 11.3 Å². The van der Waals surface area contributed by atoms with Gasteiger partial charge in [0.2, 0.25) is 11.0 Å². The van der Waals surface area contributed by atoms with Crippen molar-refractivity contribution in [3.8, 4) is 5.75 Å². The normalized spacial score (nSPS) is 11.8. The first kappa shape index (κ1) is 16.2. The number of ether oxygens (including phenoxy) is 1. The van der Waals surface area contributed by atoms with Crippen LogP contribution in [-0.2, 0) is 11.2 Å². The molecule has 22 heavy (non-hydrogen) atoms. The first-order valence-corrected chi connectivity index (χ1v) is 8.02. The number of anilines is 2. The summed E-state index contributed by atoms with van der Waals surface area (Å²) >= 11 is 1.40. The average Bonchev–Trinajstić information content (AvgIpc) is 3.00. The van der Waals surface area contributed by atoms with Gasteiger partial charge in [0.25, 0.3) is 0 Å². The number of nitrogens with zero attached hydrogens (tertiary/aromatic N) is 2. The molecule has 7 heteroatoms. The van der Waals surface area contributed by atoms with Gasteiger partial charge in [0.1, 0.15) is 16.8 Å². The van der Waals surface area contributed by atoms with Crippen molar-refractivity contribution >= 4 is 28.1 Å². The Morgan fingerprint density at radius 1 is 1.32 bits per heavy atom. The Morgan fingerprint density at radius 2 is 2.09 bits per heavy atom. The molecule has 0 radical (unpaired) electrons. The molecule has 0 aliphatic rings. The van der Waals surface area contributed by atoms with Crippen LogP contribution in [-0.4, -0.2) is 29.3 Å². The third-order valence-electron chi connectivity index (χ3n) is 3.16. The first-order chi connectivity index (χ1) is 10.7. The summed E-state index contributed by atoms with van der Waals surface area (Å²) in [6.07, 6.45) is 1.45. The van der Waals surface area contributed by atoms with E-state index < -0.39 is 0 Å². The number of amides is 1. The van der Waals surface area contributed by atoms with E-state index in [1.807, 2.05) is 38.1 Å². The largest absolute Gasteiger partial charge is 0.495 e. The van der Waals surface area contributed by atoms with Gasteiger partial charge in [0.15, 0.2) is 0 Å². The van der Waals surface area contributed by atoms with Crippen LogP contribution in [0.5, 0.6) is 5.75 Å². The Bertz CT molecular complexity index is 630. The SMILES string of the molecule is CCc1nnc(NC(=O)[C@@H](CC)Nc2ccccc2OC)s1. The highest BCUT2D eigenvalue weighted by Crippen LogP contribution is 2.24. The van der Waals surface area contributed by atoms with Crippen LogP contribution >= 0.6 is 11.3 Å². The molecule has 6 nitrogen and oxygen atoms in total. The number of benzene rings is 1. The van der Waals surface area contributed by atoms with E-state index in [0.29, 0.717) is 17.3 Å². The lowest BCUT2D eigenvalue weighted by Crippen LogP contribution is -2.34. The Morgan fingerprint density at radius 3 is 2.73 bits per heavy atom. The van der Waals surface area contributed by atoms with Crippen LogP contribution < -0.4 is 15.4 Å². The summed E-state index contributed by atoms with van der Waals surface area (Å²) in [6, 6.07) is 7.15. The van der Waals surface area contributed by atoms with Crippen molar-refractivity contribution in [2.24, 2.45) is 0 Å². The van der Waals surface area contributed by atoms with E-state index >= 15 is 0 Å². The van der Waals surface area contributed by atoms with Gasteiger partial charge in [-0.2, -0.15) is 0 Å². The molecule has 118 valence electrons. The molecular formula is C15H20N4O2S. The number of carbonyl (C=O) groups excluding carboxylic acids is 1. The number of methoxy groups -OCH3 is 1. The molecule has 2 rings (SSSR count). The van der Waals surface area contributed by atoms with Crippen molar-refractivity contribution in [2.75, 3.05) is 17.7 Å². The monoisotopic (exact) mass is 320 g/mol. The molecule has 1 heterocycles. The van der Waals surface area contributed by atoms with Crippen molar-refractivity contribution in [3.63, 3.8) is 0 Å². The van der Waals surface area contributed by atoms with Gasteiger partial charge in [-0.3, -0.25) is 10.1 Å². The fraction of sp³-hybridized carbons (Fsp3) is 0.400. The molecule has 0 spiro atoms. The Hall–Kier alpha value is -2.15. The number of carbonyl (C=O) groups is 1. The molecule has 0 bridgehead atoms. The number of para-hydroxylation sites is 2. The summed E-state index contributed by atoms with van der Waals surface area (Å²) in [4.78, 5) is 12.4. The van der Waals surface area contributed by atoms with Crippen molar-refractivity contribution in [1.82, 2.24) is 10.2 Å². The number of aryl methyl sites for hydroxylation is 1. The standard InChI is InChI=1S/C15H20N4O2S/c1-4-10(16-11-8-6-7-9-12(11)21-3)14(20)17-15-19-18-13(5-2)22-15/h6-10,16H,4-5H2,1-3H3,(H,17,19,20)/t10-/m1/s1. The molecule has 0 fully saturated rings. The van der Waals surface area contributed by atoms with Crippen LogP contribution in [0.3, 0.4) is 0 Å². The molecule has 2 aromatic rings. The van der Waals surface area contributed by atoms with E-state index in [0.717, 1.165) is 17.1 Å². The summed E-state index contributed by atoms with van der Waals surface area (Å²) in [6.45, 7) is 3.95. The number of hydrogen-bond acceptors (Lipinski definition) is 6. The summed E-state index contributed by atoms with van der Waals surface area (Å²) in [5, 5.41) is 15.4. The molecule has 1 aromatic heterocycles. The van der Waals surface area contributed by atoms with Gasteiger partial charge in [0, 0.05) is 0 Å². The fourth-order valence-electron chi connectivity index (χ4n) is 1.94. The van der Waals surface area contributed by atoms with Crippen LogP contribution in [0.1, 0.15) is 25.3 Å². The van der Waals surface area contributed by atoms with Gasteiger partial charge in [-0.15, -0.1) is 10.2 Å². The van der Waals surface area contributed by atoms with E-state index in [4.69, 9.17) is 4.74 Å².